The lowest BCUT2D eigenvalue weighted by Crippen LogP contribution is -2.52. The van der Waals surface area contributed by atoms with Gasteiger partial charge in [0.05, 0.1) is 11.9 Å². The lowest BCUT2D eigenvalue weighted by atomic mass is 10.1. The van der Waals surface area contributed by atoms with Crippen LogP contribution in [0.3, 0.4) is 0 Å². The first kappa shape index (κ1) is 27.1. The second kappa shape index (κ2) is 12.4. The Morgan fingerprint density at radius 1 is 1.03 bits per heavy atom. The van der Waals surface area contributed by atoms with Crippen LogP contribution in [-0.2, 0) is 26.2 Å². The second-order valence-electron chi connectivity index (χ2n) is 7.97. The van der Waals surface area contributed by atoms with E-state index in [-0.39, 0.29) is 19.0 Å². The zero-order chi connectivity index (χ0) is 24.6. The summed E-state index contributed by atoms with van der Waals surface area (Å²) in [5, 5.41) is 2.87. The summed E-state index contributed by atoms with van der Waals surface area (Å²) in [4.78, 5) is 27.9. The molecule has 180 valence electrons. The number of nitrogens with one attached hydrogen (secondary N) is 1. The number of halogens is 1. The number of anilines is 1. The molecule has 1 atom stereocenters. The van der Waals surface area contributed by atoms with E-state index in [9.17, 15) is 18.0 Å². The quantitative estimate of drug-likeness (QED) is 0.408. The molecule has 2 rings (SSSR count). The predicted molar refractivity (Wildman–Crippen MR) is 140 cm³/mol. The lowest BCUT2D eigenvalue weighted by molar-refractivity contribution is -0.140. The number of carbonyl (C=O) groups excluding carboxylic acids is 2. The number of benzene rings is 2. The van der Waals surface area contributed by atoms with E-state index in [2.05, 4.69) is 27.9 Å². The highest BCUT2D eigenvalue weighted by Crippen LogP contribution is 2.21. The largest absolute Gasteiger partial charge is 0.354 e. The molecule has 2 aromatic carbocycles. The maximum Gasteiger partial charge on any atom is 0.244 e. The molecule has 0 unspecified atom stereocenters. The van der Waals surface area contributed by atoms with Crippen molar-refractivity contribution >= 4 is 50.1 Å². The molecule has 0 aliphatic carbocycles. The van der Waals surface area contributed by atoms with Gasteiger partial charge >= 0.3 is 0 Å². The molecule has 1 N–H and O–H groups in total. The fourth-order valence-electron chi connectivity index (χ4n) is 3.40. The first-order valence-corrected chi connectivity index (χ1v) is 13.9. The summed E-state index contributed by atoms with van der Waals surface area (Å²) in [5.74, 6) is -0.668. The molecule has 2 aromatic rings. The van der Waals surface area contributed by atoms with Gasteiger partial charge in [-0.15, -0.1) is 0 Å². The Labute approximate surface area is 210 Å². The van der Waals surface area contributed by atoms with E-state index < -0.39 is 22.0 Å². The third-order valence-corrected chi connectivity index (χ3v) is 7.06. The third-order valence-electron chi connectivity index (χ3n) is 5.20. The van der Waals surface area contributed by atoms with E-state index in [1.54, 1.807) is 24.3 Å². The highest BCUT2D eigenvalue weighted by molar-refractivity contribution is 14.1. The third kappa shape index (κ3) is 7.99. The number of hydrogen-bond acceptors (Lipinski definition) is 4. The molecule has 7 nitrogen and oxygen atoms in total. The normalized spacial score (nSPS) is 12.2. The molecule has 0 aromatic heterocycles. The number of carbonyl (C=O) groups is 2. The van der Waals surface area contributed by atoms with Gasteiger partial charge in [0, 0.05) is 16.7 Å². The molecule has 0 radical (unpaired) electrons. The van der Waals surface area contributed by atoms with Gasteiger partial charge in [0.15, 0.2) is 0 Å². The highest BCUT2D eigenvalue weighted by atomic mass is 127. The minimum atomic E-state index is -3.72. The zero-order valence-electron chi connectivity index (χ0n) is 19.5. The molecule has 0 spiro atoms. The minimum absolute atomic E-state index is 0.210. The molecule has 0 saturated heterocycles. The summed E-state index contributed by atoms with van der Waals surface area (Å²) >= 11 is 2.14. The van der Waals surface area contributed by atoms with E-state index in [0.717, 1.165) is 31.7 Å². The van der Waals surface area contributed by atoms with Gasteiger partial charge in [-0.25, -0.2) is 8.42 Å². The minimum Gasteiger partial charge on any atom is -0.354 e. The van der Waals surface area contributed by atoms with E-state index in [1.165, 1.54) is 4.90 Å². The van der Waals surface area contributed by atoms with E-state index in [1.807, 2.05) is 45.0 Å². The summed E-state index contributed by atoms with van der Waals surface area (Å²) in [6.07, 6.45) is 2.27. The van der Waals surface area contributed by atoms with Gasteiger partial charge in [-0.1, -0.05) is 43.7 Å². The van der Waals surface area contributed by atoms with Crippen LogP contribution in [0.1, 0.15) is 37.8 Å². The Bertz CT molecular complexity index is 1040. The summed E-state index contributed by atoms with van der Waals surface area (Å²) < 4.78 is 27.2. The number of nitrogens with zero attached hydrogens (tertiary/aromatic N) is 2. The van der Waals surface area contributed by atoms with E-state index >= 15 is 0 Å². The van der Waals surface area contributed by atoms with Crippen LogP contribution >= 0.6 is 22.6 Å². The molecule has 9 heteroatoms. The topological polar surface area (TPSA) is 86.8 Å². The molecule has 0 bridgehead atoms. The summed E-state index contributed by atoms with van der Waals surface area (Å²) in [6.45, 7) is 6.12. The van der Waals surface area contributed by atoms with Crippen molar-refractivity contribution in [3.63, 3.8) is 0 Å². The monoisotopic (exact) mass is 585 g/mol. The predicted octanol–water partition coefficient (Wildman–Crippen LogP) is 3.70. The fraction of sp³-hybridized carbons (Fsp3) is 0.417. The Hall–Kier alpha value is -2.14. The Morgan fingerprint density at radius 3 is 2.15 bits per heavy atom. The molecule has 0 saturated carbocycles. The Balaban J connectivity index is 2.39. The van der Waals surface area contributed by atoms with E-state index in [0.29, 0.717) is 18.7 Å². The van der Waals surface area contributed by atoms with Gasteiger partial charge < -0.3 is 10.2 Å². The van der Waals surface area contributed by atoms with Gasteiger partial charge in [-0.05, 0) is 72.2 Å². The number of sulfonamides is 1. The van der Waals surface area contributed by atoms with Gasteiger partial charge in [0.2, 0.25) is 21.8 Å². The molecular weight excluding hydrogens is 553 g/mol. The van der Waals surface area contributed by atoms with Crippen molar-refractivity contribution in [2.75, 3.05) is 23.7 Å². The number of rotatable bonds is 11. The summed E-state index contributed by atoms with van der Waals surface area (Å²) in [5.41, 5.74) is 2.37. The van der Waals surface area contributed by atoms with Crippen LogP contribution in [0, 0.1) is 10.5 Å². The molecule has 2 amide bonds. The van der Waals surface area contributed by atoms with Gasteiger partial charge in [-0.3, -0.25) is 13.9 Å². The van der Waals surface area contributed by atoms with Gasteiger partial charge in [0.1, 0.15) is 12.6 Å². The van der Waals surface area contributed by atoms with Crippen LogP contribution in [-0.4, -0.2) is 50.5 Å². The van der Waals surface area contributed by atoms with Crippen molar-refractivity contribution in [2.24, 2.45) is 0 Å². The number of aryl methyl sites for hydroxylation is 1. The number of amides is 2. The first-order valence-electron chi connectivity index (χ1n) is 10.9. The van der Waals surface area contributed by atoms with Crippen molar-refractivity contribution < 1.29 is 18.0 Å². The lowest BCUT2D eigenvalue weighted by Gasteiger charge is -2.33. The van der Waals surface area contributed by atoms with Crippen LogP contribution in [0.25, 0.3) is 0 Å². The molecule has 0 heterocycles. The molecule has 33 heavy (non-hydrogen) atoms. The zero-order valence-corrected chi connectivity index (χ0v) is 22.5. The second-order valence-corrected chi connectivity index (χ2v) is 11.1. The highest BCUT2D eigenvalue weighted by Gasteiger charge is 2.31. The Morgan fingerprint density at radius 2 is 1.64 bits per heavy atom. The molecule has 0 fully saturated rings. The maximum absolute atomic E-state index is 13.5. The summed E-state index contributed by atoms with van der Waals surface area (Å²) in [6, 6.07) is 13.9. The first-order chi connectivity index (χ1) is 15.6. The van der Waals surface area contributed by atoms with Crippen LogP contribution in [0.5, 0.6) is 0 Å². The van der Waals surface area contributed by atoms with Gasteiger partial charge in [0.25, 0.3) is 0 Å². The standard InChI is InChI=1S/C24H32IN3O4S/c1-5-15-26-24(30)22(6-2)27(16-19-9-7-18(3)8-10-19)23(29)17-28(33(4,31)32)21-13-11-20(25)12-14-21/h7-14,22H,5-6,15-17H2,1-4H3,(H,26,30)/t22-/m1/s1. The van der Waals surface area contributed by atoms with Crippen LogP contribution in [0.15, 0.2) is 48.5 Å². The SMILES string of the molecule is CCCNC(=O)[C@@H](CC)N(Cc1ccc(C)cc1)C(=O)CN(c1ccc(I)cc1)S(C)(=O)=O. The van der Waals surface area contributed by atoms with Crippen molar-refractivity contribution in [1.29, 1.82) is 0 Å². The van der Waals surface area contributed by atoms with Crippen molar-refractivity contribution in [1.82, 2.24) is 10.2 Å². The van der Waals surface area contributed by atoms with Crippen LogP contribution in [0.4, 0.5) is 5.69 Å². The molecular formula is C24H32IN3O4S. The Kier molecular flexibility index (Phi) is 10.2. The maximum atomic E-state index is 13.5. The van der Waals surface area contributed by atoms with Crippen LogP contribution < -0.4 is 9.62 Å². The average molecular weight is 586 g/mol. The molecule has 0 aliphatic heterocycles. The average Bonchev–Trinajstić information content (AvgIpc) is 2.77. The van der Waals surface area contributed by atoms with Gasteiger partial charge in [-0.2, -0.15) is 0 Å². The summed E-state index contributed by atoms with van der Waals surface area (Å²) in [7, 11) is -3.72. The fourth-order valence-corrected chi connectivity index (χ4v) is 4.61. The van der Waals surface area contributed by atoms with Crippen molar-refractivity contribution in [3.8, 4) is 0 Å². The van der Waals surface area contributed by atoms with Crippen molar-refractivity contribution in [3.05, 3.63) is 63.2 Å². The number of hydrogen-bond donors (Lipinski definition) is 1. The van der Waals surface area contributed by atoms with E-state index in [4.69, 9.17) is 0 Å². The molecule has 0 aliphatic rings. The van der Waals surface area contributed by atoms with Crippen LogP contribution in [0.2, 0.25) is 0 Å². The smallest absolute Gasteiger partial charge is 0.244 e. The van der Waals surface area contributed by atoms with Crippen molar-refractivity contribution in [2.45, 2.75) is 46.2 Å².